The van der Waals surface area contributed by atoms with Gasteiger partial charge >= 0.3 is 0 Å². The van der Waals surface area contributed by atoms with Gasteiger partial charge in [0.15, 0.2) is 11.5 Å². The maximum Gasteiger partial charge on any atom is 0.161 e. The number of hydrogen-bond acceptors (Lipinski definition) is 6. The van der Waals surface area contributed by atoms with E-state index in [1.54, 1.807) is 19.2 Å². The third-order valence-electron chi connectivity index (χ3n) is 3.36. The number of ether oxygens (including phenoxy) is 2. The van der Waals surface area contributed by atoms with E-state index in [2.05, 4.69) is 31.2 Å². The Hall–Kier alpha value is -2.54. The summed E-state index contributed by atoms with van der Waals surface area (Å²) < 4.78 is 11.3. The van der Waals surface area contributed by atoms with Crippen LogP contribution in [0.1, 0.15) is 0 Å². The minimum absolute atomic E-state index is 0.0345. The highest BCUT2D eigenvalue weighted by atomic mass is 79.9. The smallest absolute Gasteiger partial charge is 0.161 e. The molecule has 0 unspecified atom stereocenters. The monoisotopic (exact) mass is 375 g/mol. The lowest BCUT2D eigenvalue weighted by molar-refractivity contribution is 0.374. The van der Waals surface area contributed by atoms with Gasteiger partial charge in [0.1, 0.15) is 17.9 Å². The molecule has 0 bridgehead atoms. The minimum Gasteiger partial charge on any atom is -0.504 e. The fourth-order valence-electron chi connectivity index (χ4n) is 2.19. The Morgan fingerprint density at radius 1 is 1.09 bits per heavy atom. The zero-order valence-corrected chi connectivity index (χ0v) is 14.1. The summed E-state index contributed by atoms with van der Waals surface area (Å²) in [7, 11) is 3.11. The van der Waals surface area contributed by atoms with E-state index >= 15 is 0 Å². The molecular formula is C16H14BrN3O3. The molecule has 0 radical (unpaired) electrons. The number of methoxy groups -OCH3 is 2. The number of nitrogens with one attached hydrogen (secondary N) is 1. The van der Waals surface area contributed by atoms with Crippen LogP contribution in [-0.4, -0.2) is 29.3 Å². The number of phenols is 1. The molecular weight excluding hydrogens is 362 g/mol. The molecule has 1 heterocycles. The van der Waals surface area contributed by atoms with Crippen LogP contribution >= 0.6 is 15.9 Å². The number of halogens is 1. The van der Waals surface area contributed by atoms with E-state index in [-0.39, 0.29) is 5.75 Å². The van der Waals surface area contributed by atoms with Crippen molar-refractivity contribution >= 4 is 38.3 Å². The number of phenolic OH excluding ortho intramolecular Hbond substituents is 1. The van der Waals surface area contributed by atoms with Crippen LogP contribution in [0, 0.1) is 0 Å². The third-order valence-corrected chi connectivity index (χ3v) is 4.05. The summed E-state index contributed by atoms with van der Waals surface area (Å²) in [6, 6.07) is 8.84. The first-order chi connectivity index (χ1) is 11.1. The van der Waals surface area contributed by atoms with Crippen molar-refractivity contribution in [3.63, 3.8) is 0 Å². The van der Waals surface area contributed by atoms with Crippen molar-refractivity contribution in [1.82, 2.24) is 9.97 Å². The molecule has 6 nitrogen and oxygen atoms in total. The van der Waals surface area contributed by atoms with E-state index in [1.807, 2.05) is 18.2 Å². The molecule has 2 aromatic carbocycles. The zero-order chi connectivity index (χ0) is 16.4. The van der Waals surface area contributed by atoms with E-state index in [0.29, 0.717) is 17.1 Å². The van der Waals surface area contributed by atoms with Crippen molar-refractivity contribution < 1.29 is 14.6 Å². The number of fused-ring (bicyclic) bond motifs is 1. The first kappa shape index (κ1) is 15.4. The molecule has 3 rings (SSSR count). The van der Waals surface area contributed by atoms with Crippen LogP contribution in [0.3, 0.4) is 0 Å². The van der Waals surface area contributed by atoms with Gasteiger partial charge in [0, 0.05) is 22.0 Å². The summed E-state index contributed by atoms with van der Waals surface area (Å²) in [5, 5.41) is 13.9. The van der Waals surface area contributed by atoms with Gasteiger partial charge in [-0.3, -0.25) is 0 Å². The van der Waals surface area contributed by atoms with Crippen molar-refractivity contribution in [3.05, 3.63) is 41.1 Å². The largest absolute Gasteiger partial charge is 0.504 e. The highest BCUT2D eigenvalue weighted by Crippen LogP contribution is 2.35. The Morgan fingerprint density at radius 2 is 1.91 bits per heavy atom. The Morgan fingerprint density at radius 3 is 2.65 bits per heavy atom. The molecule has 7 heteroatoms. The van der Waals surface area contributed by atoms with E-state index < -0.39 is 0 Å². The van der Waals surface area contributed by atoms with Crippen molar-refractivity contribution in [2.75, 3.05) is 19.5 Å². The molecule has 0 fully saturated rings. The molecule has 0 saturated carbocycles. The van der Waals surface area contributed by atoms with E-state index in [9.17, 15) is 5.11 Å². The predicted molar refractivity (Wildman–Crippen MR) is 91.7 cm³/mol. The lowest BCUT2D eigenvalue weighted by Crippen LogP contribution is -1.98. The maximum atomic E-state index is 9.87. The lowest BCUT2D eigenvalue weighted by atomic mass is 10.2. The number of benzene rings is 2. The van der Waals surface area contributed by atoms with Gasteiger partial charge in [-0.2, -0.15) is 0 Å². The molecule has 118 valence electrons. The Bertz CT molecular complexity index is 871. The molecule has 3 aromatic rings. The fourth-order valence-corrected chi connectivity index (χ4v) is 2.54. The van der Waals surface area contributed by atoms with Gasteiger partial charge in [0.05, 0.1) is 25.4 Å². The third kappa shape index (κ3) is 3.00. The standard InChI is InChI=1S/C16H14BrN3O3/c1-22-9-3-4-11(17)13(5-9)20-16-10-6-15(23-2)14(21)7-12(10)18-8-19-16/h3-8,21H,1-2H3,(H,18,19,20). The average Bonchev–Trinajstić information content (AvgIpc) is 2.56. The van der Waals surface area contributed by atoms with Gasteiger partial charge in [0.2, 0.25) is 0 Å². The Labute approximate surface area is 141 Å². The second kappa shape index (κ2) is 6.29. The van der Waals surface area contributed by atoms with E-state index in [0.717, 1.165) is 21.3 Å². The molecule has 0 atom stereocenters. The fraction of sp³-hybridized carbons (Fsp3) is 0.125. The van der Waals surface area contributed by atoms with Crippen molar-refractivity contribution in [3.8, 4) is 17.2 Å². The first-order valence-corrected chi connectivity index (χ1v) is 7.54. The van der Waals surface area contributed by atoms with Crippen molar-refractivity contribution in [1.29, 1.82) is 0 Å². The van der Waals surface area contributed by atoms with Gasteiger partial charge < -0.3 is 19.9 Å². The number of anilines is 2. The van der Waals surface area contributed by atoms with Crippen LogP contribution < -0.4 is 14.8 Å². The van der Waals surface area contributed by atoms with Gasteiger partial charge in [-0.25, -0.2) is 9.97 Å². The highest BCUT2D eigenvalue weighted by molar-refractivity contribution is 9.10. The number of rotatable bonds is 4. The zero-order valence-electron chi connectivity index (χ0n) is 12.5. The van der Waals surface area contributed by atoms with Gasteiger partial charge in [0.25, 0.3) is 0 Å². The van der Waals surface area contributed by atoms with Crippen LogP contribution in [0.25, 0.3) is 10.9 Å². The first-order valence-electron chi connectivity index (χ1n) is 6.74. The van der Waals surface area contributed by atoms with Crippen molar-refractivity contribution in [2.24, 2.45) is 0 Å². The number of hydrogen-bond donors (Lipinski definition) is 2. The van der Waals surface area contributed by atoms with Gasteiger partial charge in [-0.15, -0.1) is 0 Å². The van der Waals surface area contributed by atoms with E-state index in [4.69, 9.17) is 9.47 Å². The quantitative estimate of drug-likeness (QED) is 0.720. The molecule has 2 N–H and O–H groups in total. The second-order valence-electron chi connectivity index (χ2n) is 4.73. The summed E-state index contributed by atoms with van der Waals surface area (Å²) in [5.41, 5.74) is 1.41. The average molecular weight is 376 g/mol. The molecule has 1 aromatic heterocycles. The van der Waals surface area contributed by atoms with Gasteiger partial charge in [-0.1, -0.05) is 0 Å². The van der Waals surface area contributed by atoms with Crippen LogP contribution in [-0.2, 0) is 0 Å². The number of aromatic nitrogens is 2. The molecule has 0 aliphatic rings. The van der Waals surface area contributed by atoms with Crippen molar-refractivity contribution in [2.45, 2.75) is 0 Å². The van der Waals surface area contributed by atoms with Crippen LogP contribution in [0.4, 0.5) is 11.5 Å². The molecule has 0 aliphatic heterocycles. The number of aromatic hydroxyl groups is 1. The predicted octanol–water partition coefficient (Wildman–Crippen LogP) is 3.86. The molecule has 0 saturated heterocycles. The molecule has 0 spiro atoms. The van der Waals surface area contributed by atoms with Crippen LogP contribution in [0.5, 0.6) is 17.2 Å². The highest BCUT2D eigenvalue weighted by Gasteiger charge is 2.11. The minimum atomic E-state index is 0.0345. The summed E-state index contributed by atoms with van der Waals surface area (Å²) in [6.07, 6.45) is 1.44. The molecule has 0 amide bonds. The SMILES string of the molecule is COc1ccc(Br)c(Nc2ncnc3cc(O)c(OC)cc23)c1. The summed E-state index contributed by atoms with van der Waals surface area (Å²) in [5.74, 6) is 1.72. The molecule has 23 heavy (non-hydrogen) atoms. The summed E-state index contributed by atoms with van der Waals surface area (Å²) >= 11 is 3.49. The van der Waals surface area contributed by atoms with Gasteiger partial charge in [-0.05, 0) is 34.1 Å². The van der Waals surface area contributed by atoms with Crippen LogP contribution in [0.15, 0.2) is 41.1 Å². The maximum absolute atomic E-state index is 9.87. The number of nitrogens with zero attached hydrogens (tertiary/aromatic N) is 2. The lowest BCUT2D eigenvalue weighted by Gasteiger charge is -2.12. The topological polar surface area (TPSA) is 76.5 Å². The van der Waals surface area contributed by atoms with Crippen LogP contribution in [0.2, 0.25) is 0 Å². The Balaban J connectivity index is 2.10. The van der Waals surface area contributed by atoms with E-state index in [1.165, 1.54) is 13.4 Å². The molecule has 0 aliphatic carbocycles. The second-order valence-corrected chi connectivity index (χ2v) is 5.59. The summed E-state index contributed by atoms with van der Waals surface area (Å²) in [6.45, 7) is 0. The normalized spacial score (nSPS) is 10.6. The summed E-state index contributed by atoms with van der Waals surface area (Å²) in [4.78, 5) is 8.46. The Kier molecular flexibility index (Phi) is 4.20.